The van der Waals surface area contributed by atoms with Gasteiger partial charge in [0.05, 0.1) is 25.6 Å². The zero-order valence-electron chi connectivity index (χ0n) is 25.3. The number of pyridine rings is 1. The summed E-state index contributed by atoms with van der Waals surface area (Å²) in [7, 11) is 3.16. The van der Waals surface area contributed by atoms with Crippen LogP contribution in [0.2, 0.25) is 0 Å². The summed E-state index contributed by atoms with van der Waals surface area (Å²) in [6.07, 6.45) is 1.83. The lowest BCUT2D eigenvalue weighted by Crippen LogP contribution is -2.54. The van der Waals surface area contributed by atoms with E-state index in [0.717, 1.165) is 48.4 Å². The molecule has 2 saturated heterocycles. The average Bonchev–Trinajstić information content (AvgIpc) is 3.11. The van der Waals surface area contributed by atoms with E-state index in [9.17, 15) is 9.59 Å². The molecule has 0 bridgehead atoms. The molecule has 2 aliphatic rings. The summed E-state index contributed by atoms with van der Waals surface area (Å²) in [6.45, 7) is 4.40. The zero-order chi connectivity index (χ0) is 30.5. The highest BCUT2D eigenvalue weighted by molar-refractivity contribution is 5.96. The summed E-state index contributed by atoms with van der Waals surface area (Å²) in [5, 5.41) is 0. The van der Waals surface area contributed by atoms with Crippen LogP contribution in [0.1, 0.15) is 33.6 Å². The van der Waals surface area contributed by atoms with Crippen molar-refractivity contribution in [2.45, 2.75) is 18.9 Å². The minimum absolute atomic E-state index is 0.0157. The largest absolute Gasteiger partial charge is 0.493 e. The summed E-state index contributed by atoms with van der Waals surface area (Å²) in [5.41, 5.74) is 4.83. The fraction of sp³-hybridized carbons (Fsp3) is 0.306. The Hall–Kier alpha value is -4.69. The molecule has 0 radical (unpaired) electrons. The van der Waals surface area contributed by atoms with Crippen LogP contribution in [0.5, 0.6) is 11.5 Å². The van der Waals surface area contributed by atoms with Gasteiger partial charge >= 0.3 is 0 Å². The fourth-order valence-corrected chi connectivity index (χ4v) is 6.23. The van der Waals surface area contributed by atoms with E-state index in [1.807, 2.05) is 82.6 Å². The number of hydrogen-bond acceptors (Lipinski definition) is 6. The van der Waals surface area contributed by atoms with Crippen molar-refractivity contribution in [3.05, 3.63) is 102 Å². The van der Waals surface area contributed by atoms with Crippen molar-refractivity contribution in [3.63, 3.8) is 0 Å². The highest BCUT2D eigenvalue weighted by Gasteiger charge is 2.31. The van der Waals surface area contributed by atoms with Crippen molar-refractivity contribution in [2.24, 2.45) is 0 Å². The molecule has 0 N–H and O–H groups in total. The Morgan fingerprint density at radius 1 is 0.614 bits per heavy atom. The Labute approximate surface area is 258 Å². The first-order valence-corrected chi connectivity index (χ1v) is 15.2. The molecule has 2 fully saturated rings. The number of aromatic nitrogens is 1. The van der Waals surface area contributed by atoms with Gasteiger partial charge in [-0.25, -0.2) is 4.98 Å². The van der Waals surface area contributed by atoms with E-state index in [1.54, 1.807) is 32.4 Å². The number of carbonyl (C=O) groups is 2. The van der Waals surface area contributed by atoms with Gasteiger partial charge in [-0.15, -0.1) is 0 Å². The molecule has 3 aromatic carbocycles. The van der Waals surface area contributed by atoms with Crippen LogP contribution in [0.15, 0.2) is 91.0 Å². The second kappa shape index (κ2) is 13.3. The van der Waals surface area contributed by atoms with Crippen molar-refractivity contribution in [3.8, 4) is 34.0 Å². The molecule has 0 spiro atoms. The molecule has 8 nitrogen and oxygen atoms in total. The Morgan fingerprint density at radius 3 is 1.68 bits per heavy atom. The van der Waals surface area contributed by atoms with Crippen molar-refractivity contribution >= 4 is 11.8 Å². The lowest BCUT2D eigenvalue weighted by atomic mass is 10.0. The number of likely N-dealkylation sites (tertiary alicyclic amines) is 1. The van der Waals surface area contributed by atoms with Crippen LogP contribution in [-0.2, 0) is 0 Å². The summed E-state index contributed by atoms with van der Waals surface area (Å²) < 4.78 is 10.7. The molecule has 2 amide bonds. The topological polar surface area (TPSA) is 75.2 Å². The summed E-state index contributed by atoms with van der Waals surface area (Å²) in [5.74, 6) is 1.22. The highest BCUT2D eigenvalue weighted by Crippen LogP contribution is 2.29. The predicted molar refractivity (Wildman–Crippen MR) is 171 cm³/mol. The van der Waals surface area contributed by atoms with E-state index in [0.29, 0.717) is 54.8 Å². The number of rotatable bonds is 7. The van der Waals surface area contributed by atoms with Gasteiger partial charge in [0.1, 0.15) is 0 Å². The first-order chi connectivity index (χ1) is 21.5. The molecular formula is C36H38N4O4. The number of carbonyl (C=O) groups excluding carboxylic acids is 2. The Balaban J connectivity index is 1.08. The molecule has 44 heavy (non-hydrogen) atoms. The van der Waals surface area contributed by atoms with Gasteiger partial charge in [0.25, 0.3) is 11.8 Å². The Kier molecular flexibility index (Phi) is 8.89. The quantitative estimate of drug-likeness (QED) is 0.283. The lowest BCUT2D eigenvalue weighted by molar-refractivity contribution is 0.0412. The third kappa shape index (κ3) is 6.31. The first-order valence-electron chi connectivity index (χ1n) is 15.2. The Morgan fingerprint density at radius 2 is 1.14 bits per heavy atom. The van der Waals surface area contributed by atoms with Gasteiger partial charge < -0.3 is 19.3 Å². The van der Waals surface area contributed by atoms with Crippen LogP contribution in [0, 0.1) is 0 Å². The van der Waals surface area contributed by atoms with Gasteiger partial charge in [0.2, 0.25) is 0 Å². The van der Waals surface area contributed by atoms with E-state index >= 15 is 0 Å². The summed E-state index contributed by atoms with van der Waals surface area (Å²) >= 11 is 0. The van der Waals surface area contributed by atoms with Gasteiger partial charge in [-0.2, -0.15) is 0 Å². The minimum atomic E-state index is 0.0157. The SMILES string of the molecule is COc1ccc(C(=O)N2CCC(N3CCN(C(=O)c4cc(-c5ccccc5)nc(-c5ccccc5)c4)CC3)CC2)cc1OC. The highest BCUT2D eigenvalue weighted by atomic mass is 16.5. The number of piperazine rings is 1. The molecule has 0 atom stereocenters. The number of ether oxygens (including phenoxy) is 2. The van der Waals surface area contributed by atoms with Crippen LogP contribution < -0.4 is 9.47 Å². The van der Waals surface area contributed by atoms with Gasteiger partial charge in [0.15, 0.2) is 11.5 Å². The van der Waals surface area contributed by atoms with E-state index in [1.165, 1.54) is 0 Å². The van der Waals surface area contributed by atoms with E-state index in [4.69, 9.17) is 14.5 Å². The number of nitrogens with zero attached hydrogens (tertiary/aromatic N) is 4. The van der Waals surface area contributed by atoms with Crippen LogP contribution in [0.25, 0.3) is 22.5 Å². The summed E-state index contributed by atoms with van der Waals surface area (Å²) in [6, 6.07) is 29.6. The molecule has 2 aliphatic heterocycles. The fourth-order valence-electron chi connectivity index (χ4n) is 6.23. The maximum absolute atomic E-state index is 13.8. The van der Waals surface area contributed by atoms with E-state index < -0.39 is 0 Å². The molecule has 8 heteroatoms. The predicted octanol–water partition coefficient (Wildman–Crippen LogP) is 5.50. The maximum Gasteiger partial charge on any atom is 0.254 e. The molecule has 1 aromatic heterocycles. The molecule has 0 saturated carbocycles. The molecular weight excluding hydrogens is 552 g/mol. The molecule has 4 aromatic rings. The van der Waals surface area contributed by atoms with Gasteiger partial charge in [0, 0.05) is 67.6 Å². The zero-order valence-corrected chi connectivity index (χ0v) is 25.3. The smallest absolute Gasteiger partial charge is 0.254 e. The van der Waals surface area contributed by atoms with E-state index in [-0.39, 0.29) is 11.8 Å². The third-order valence-corrected chi connectivity index (χ3v) is 8.71. The second-order valence-electron chi connectivity index (χ2n) is 11.3. The van der Waals surface area contributed by atoms with Crippen LogP contribution in [-0.4, -0.2) is 91.0 Å². The molecule has 0 aliphatic carbocycles. The standard InChI is InChI=1S/C36H38N4O4/c1-43-33-14-13-28(25-34(33)44-2)35(41)39-17-15-30(16-18-39)38-19-21-40(22-20-38)36(42)29-23-31(26-9-5-3-6-10-26)37-32(24-29)27-11-7-4-8-12-27/h3-14,23-25,30H,15-22H2,1-2H3. The summed E-state index contributed by atoms with van der Waals surface area (Å²) in [4.78, 5) is 38.3. The minimum Gasteiger partial charge on any atom is -0.493 e. The van der Waals surface area contributed by atoms with Crippen LogP contribution in [0.4, 0.5) is 0 Å². The molecule has 226 valence electrons. The molecule has 0 unspecified atom stereocenters. The maximum atomic E-state index is 13.8. The monoisotopic (exact) mass is 590 g/mol. The molecule has 3 heterocycles. The third-order valence-electron chi connectivity index (χ3n) is 8.71. The number of benzene rings is 3. The van der Waals surface area contributed by atoms with Crippen molar-refractivity contribution in [2.75, 3.05) is 53.5 Å². The van der Waals surface area contributed by atoms with Gasteiger partial charge in [-0.1, -0.05) is 60.7 Å². The number of hydrogen-bond donors (Lipinski definition) is 0. The molecule has 6 rings (SSSR count). The number of methoxy groups -OCH3 is 2. The van der Waals surface area contributed by atoms with Crippen molar-refractivity contribution in [1.29, 1.82) is 0 Å². The van der Waals surface area contributed by atoms with Crippen molar-refractivity contribution < 1.29 is 19.1 Å². The van der Waals surface area contributed by atoms with Gasteiger partial charge in [-0.3, -0.25) is 14.5 Å². The normalized spacial score (nSPS) is 16.0. The van der Waals surface area contributed by atoms with Crippen LogP contribution in [0.3, 0.4) is 0 Å². The number of piperidine rings is 1. The van der Waals surface area contributed by atoms with E-state index in [2.05, 4.69) is 4.90 Å². The van der Waals surface area contributed by atoms with Crippen LogP contribution >= 0.6 is 0 Å². The van der Waals surface area contributed by atoms with Crippen molar-refractivity contribution in [1.82, 2.24) is 19.7 Å². The number of amides is 2. The second-order valence-corrected chi connectivity index (χ2v) is 11.3. The first kappa shape index (κ1) is 29.4. The van der Waals surface area contributed by atoms with Gasteiger partial charge in [-0.05, 0) is 43.2 Å². The lowest BCUT2D eigenvalue weighted by Gasteiger charge is -2.42. The average molecular weight is 591 g/mol. The Bertz CT molecular complexity index is 1540.